The average Bonchev–Trinajstić information content (AvgIpc) is 3.20. The molecule has 0 spiro atoms. The van der Waals surface area contributed by atoms with Crippen molar-refractivity contribution in [2.45, 2.75) is 64.1 Å². The van der Waals surface area contributed by atoms with Crippen LogP contribution in [0.2, 0.25) is 0 Å². The number of benzene rings is 4. The molecule has 1 aliphatic rings. The lowest BCUT2D eigenvalue weighted by molar-refractivity contribution is 0.421. The molecule has 2 N–H and O–H groups in total. The third kappa shape index (κ3) is 6.19. The Morgan fingerprint density at radius 1 is 0.619 bits per heavy atom. The maximum absolute atomic E-state index is 13.7. The van der Waals surface area contributed by atoms with E-state index in [1.807, 2.05) is 67.6 Å². The quantitative estimate of drug-likeness (QED) is 0.200. The molecular weight excluding hydrogens is 536 g/mol. The number of allylic oxidation sites excluding steroid dienone is 4. The molecule has 4 aromatic rings. The molecule has 0 aromatic heterocycles. The van der Waals surface area contributed by atoms with Crippen molar-refractivity contribution < 1.29 is 8.42 Å². The van der Waals surface area contributed by atoms with E-state index in [4.69, 9.17) is 0 Å². The van der Waals surface area contributed by atoms with Gasteiger partial charge in [0.2, 0.25) is 10.0 Å². The molecule has 0 amide bonds. The van der Waals surface area contributed by atoms with Gasteiger partial charge in [0.25, 0.3) is 0 Å². The fourth-order valence-corrected chi connectivity index (χ4v) is 7.28. The Balaban J connectivity index is 1.54. The van der Waals surface area contributed by atoms with Crippen LogP contribution in [0.25, 0.3) is 0 Å². The summed E-state index contributed by atoms with van der Waals surface area (Å²) < 4.78 is 30.6. The van der Waals surface area contributed by atoms with Crippen molar-refractivity contribution in [1.82, 2.24) is 10.0 Å². The summed E-state index contributed by atoms with van der Waals surface area (Å²) in [6, 6.07) is 34.6. The van der Waals surface area contributed by atoms with E-state index < -0.39 is 16.1 Å². The number of rotatable bonds is 10. The largest absolute Gasteiger partial charge is 0.304 e. The maximum atomic E-state index is 13.7. The molecule has 0 radical (unpaired) electrons. The highest BCUT2D eigenvalue weighted by atomic mass is 32.2. The molecule has 0 fully saturated rings. The van der Waals surface area contributed by atoms with Crippen molar-refractivity contribution in [3.63, 3.8) is 0 Å². The number of nitrogens with one attached hydrogen (secondary N) is 2. The van der Waals surface area contributed by atoms with E-state index in [-0.39, 0.29) is 16.9 Å². The molecule has 4 aromatic carbocycles. The zero-order valence-corrected chi connectivity index (χ0v) is 25.9. The van der Waals surface area contributed by atoms with Crippen LogP contribution >= 0.6 is 0 Å². The van der Waals surface area contributed by atoms with Crippen LogP contribution < -0.4 is 10.0 Å². The highest BCUT2D eigenvalue weighted by Gasteiger charge is 2.31. The van der Waals surface area contributed by atoms with E-state index in [2.05, 4.69) is 74.1 Å². The van der Waals surface area contributed by atoms with Crippen LogP contribution in [0, 0.1) is 6.92 Å². The first kappa shape index (κ1) is 29.7. The molecular formula is C37H40N2O2S. The van der Waals surface area contributed by atoms with Gasteiger partial charge in [-0.15, -0.1) is 0 Å². The van der Waals surface area contributed by atoms with Gasteiger partial charge in [0.15, 0.2) is 0 Å². The van der Waals surface area contributed by atoms with Crippen LogP contribution in [-0.4, -0.2) is 8.42 Å². The molecule has 216 valence electrons. The van der Waals surface area contributed by atoms with Gasteiger partial charge >= 0.3 is 0 Å². The first-order valence-electron chi connectivity index (χ1n) is 14.5. The summed E-state index contributed by atoms with van der Waals surface area (Å²) in [7, 11) is -3.81. The fraction of sp³-hybridized carbons (Fsp3) is 0.243. The smallest absolute Gasteiger partial charge is 0.241 e. The first-order chi connectivity index (χ1) is 20.2. The topological polar surface area (TPSA) is 58.2 Å². The molecule has 5 rings (SSSR count). The van der Waals surface area contributed by atoms with Gasteiger partial charge < -0.3 is 5.32 Å². The van der Waals surface area contributed by atoms with Gasteiger partial charge in [-0.1, -0.05) is 114 Å². The minimum Gasteiger partial charge on any atom is -0.304 e. The fourth-order valence-electron chi connectivity index (χ4n) is 6.04. The van der Waals surface area contributed by atoms with E-state index in [1.54, 1.807) is 12.1 Å². The van der Waals surface area contributed by atoms with Crippen molar-refractivity contribution in [1.29, 1.82) is 0 Å². The number of aryl methyl sites for hydroxylation is 1. The van der Waals surface area contributed by atoms with Crippen molar-refractivity contribution in [2.75, 3.05) is 0 Å². The second-order valence-electron chi connectivity index (χ2n) is 11.3. The lowest BCUT2D eigenvalue weighted by atomic mass is 9.85. The molecule has 0 saturated heterocycles. The summed E-state index contributed by atoms with van der Waals surface area (Å²) in [5.74, 6) is 0.253. The molecule has 0 saturated carbocycles. The lowest BCUT2D eigenvalue weighted by Crippen LogP contribution is -2.38. The Morgan fingerprint density at radius 2 is 1.12 bits per heavy atom. The monoisotopic (exact) mass is 576 g/mol. The Bertz CT molecular complexity index is 1680. The van der Waals surface area contributed by atoms with Gasteiger partial charge in [-0.05, 0) is 80.2 Å². The molecule has 5 heteroatoms. The first-order valence-corrected chi connectivity index (χ1v) is 16.0. The minimum absolute atomic E-state index is 0.252. The Morgan fingerprint density at radius 3 is 1.69 bits per heavy atom. The van der Waals surface area contributed by atoms with Crippen LogP contribution in [0.1, 0.15) is 73.5 Å². The van der Waals surface area contributed by atoms with Crippen LogP contribution in [0.15, 0.2) is 136 Å². The van der Waals surface area contributed by atoms with E-state index in [1.165, 1.54) is 33.4 Å². The van der Waals surface area contributed by atoms with Crippen LogP contribution in [0.3, 0.4) is 0 Å². The van der Waals surface area contributed by atoms with Gasteiger partial charge in [0.1, 0.15) is 0 Å². The van der Waals surface area contributed by atoms with Crippen LogP contribution in [-0.2, 0) is 16.6 Å². The van der Waals surface area contributed by atoms with Crippen LogP contribution in [0.4, 0.5) is 0 Å². The second-order valence-corrected chi connectivity index (χ2v) is 13.1. The standard InChI is InChI=1S/C37H40N2O2S/c1-25-20-22-33(23-21-25)42(40,41)39-37(31-16-10-7-11-17-31)36(30-14-8-6-9-15-30)38-24-32-18-12-13-19-34(32)35-28(4)26(2)27(3)29(35)5/h6-23,35-39H,24H2,1-5H3/t36-,37-/m1/s1. The van der Waals surface area contributed by atoms with E-state index in [0.717, 1.165) is 16.7 Å². The summed E-state index contributed by atoms with van der Waals surface area (Å²) in [6.45, 7) is 11.4. The summed E-state index contributed by atoms with van der Waals surface area (Å²) >= 11 is 0. The van der Waals surface area contributed by atoms with Crippen LogP contribution in [0.5, 0.6) is 0 Å². The van der Waals surface area contributed by atoms with Crippen molar-refractivity contribution >= 4 is 10.0 Å². The lowest BCUT2D eigenvalue weighted by Gasteiger charge is -2.31. The molecule has 0 aliphatic heterocycles. The number of hydrogen-bond acceptors (Lipinski definition) is 3. The minimum atomic E-state index is -3.81. The molecule has 0 bridgehead atoms. The molecule has 2 atom stereocenters. The summed E-state index contributed by atoms with van der Waals surface area (Å²) in [5, 5.41) is 3.79. The second kappa shape index (κ2) is 12.6. The Labute approximate surface area is 251 Å². The summed E-state index contributed by atoms with van der Waals surface area (Å²) in [4.78, 5) is 0.252. The van der Waals surface area contributed by atoms with Gasteiger partial charge in [0.05, 0.1) is 17.0 Å². The van der Waals surface area contributed by atoms with E-state index in [9.17, 15) is 8.42 Å². The maximum Gasteiger partial charge on any atom is 0.241 e. The van der Waals surface area contributed by atoms with Crippen molar-refractivity contribution in [2.24, 2.45) is 0 Å². The predicted molar refractivity (Wildman–Crippen MR) is 173 cm³/mol. The molecule has 42 heavy (non-hydrogen) atoms. The zero-order chi connectivity index (χ0) is 29.9. The summed E-state index contributed by atoms with van der Waals surface area (Å²) in [5.41, 5.74) is 10.9. The number of sulfonamides is 1. The molecule has 1 aliphatic carbocycles. The van der Waals surface area contributed by atoms with E-state index in [0.29, 0.717) is 6.54 Å². The van der Waals surface area contributed by atoms with Gasteiger partial charge in [-0.25, -0.2) is 13.1 Å². The molecule has 0 unspecified atom stereocenters. The normalized spacial score (nSPS) is 15.7. The van der Waals surface area contributed by atoms with E-state index >= 15 is 0 Å². The number of hydrogen-bond donors (Lipinski definition) is 2. The highest BCUT2D eigenvalue weighted by Crippen LogP contribution is 2.44. The third-order valence-corrected chi connectivity index (χ3v) is 10.2. The summed E-state index contributed by atoms with van der Waals surface area (Å²) in [6.07, 6.45) is 0. The Kier molecular flexibility index (Phi) is 8.93. The average molecular weight is 577 g/mol. The van der Waals surface area contributed by atoms with Gasteiger partial charge in [-0.2, -0.15) is 0 Å². The van der Waals surface area contributed by atoms with Crippen molar-refractivity contribution in [3.05, 3.63) is 159 Å². The highest BCUT2D eigenvalue weighted by molar-refractivity contribution is 7.89. The third-order valence-electron chi connectivity index (χ3n) is 8.75. The van der Waals surface area contributed by atoms with Gasteiger partial charge in [-0.3, -0.25) is 0 Å². The SMILES string of the molecule is CC1=C(C)C(c2ccccc2CN[C@H](c2ccccc2)[C@H](NS(=O)(=O)c2ccc(C)cc2)c2ccccc2)C(C)=C1C. The predicted octanol–water partition coefficient (Wildman–Crippen LogP) is 8.32. The molecule has 4 nitrogen and oxygen atoms in total. The van der Waals surface area contributed by atoms with Gasteiger partial charge in [0, 0.05) is 12.5 Å². The Hall–Kier alpha value is -3.77. The van der Waals surface area contributed by atoms with Crippen molar-refractivity contribution in [3.8, 4) is 0 Å². The zero-order valence-electron chi connectivity index (χ0n) is 25.1. The molecule has 0 heterocycles.